The Morgan fingerprint density at radius 2 is 2.26 bits per heavy atom. The van der Waals surface area contributed by atoms with E-state index in [2.05, 4.69) is 49.6 Å². The molecule has 0 radical (unpaired) electrons. The van der Waals surface area contributed by atoms with Crippen LogP contribution in [-0.4, -0.2) is 32.3 Å². The molecule has 0 spiro atoms. The first-order chi connectivity index (χ1) is 11.3. The van der Waals surface area contributed by atoms with E-state index in [1.165, 1.54) is 11.8 Å². The Balaban J connectivity index is 1.56. The lowest BCUT2D eigenvalue weighted by Gasteiger charge is -2.08. The van der Waals surface area contributed by atoms with Crippen LogP contribution in [0, 0.1) is 0 Å². The predicted molar refractivity (Wildman–Crippen MR) is 89.3 cm³/mol. The molecule has 0 atom stereocenters. The lowest BCUT2D eigenvalue weighted by Crippen LogP contribution is -2.30. The van der Waals surface area contributed by atoms with E-state index in [0.29, 0.717) is 13.0 Å². The molecule has 0 fully saturated rings. The van der Waals surface area contributed by atoms with Crippen LogP contribution in [0.4, 0.5) is 10.5 Å². The van der Waals surface area contributed by atoms with Crippen LogP contribution in [0.1, 0.15) is 19.2 Å². The number of carbonyl (C=O) groups is 1. The number of nitrogens with zero attached hydrogens (tertiary/aromatic N) is 3. The fourth-order valence-electron chi connectivity index (χ4n) is 2.53. The molecule has 1 aromatic carbocycles. The van der Waals surface area contributed by atoms with E-state index >= 15 is 0 Å². The number of aryl methyl sites for hydroxylation is 1. The van der Waals surface area contributed by atoms with Gasteiger partial charge in [-0.1, -0.05) is 6.92 Å². The summed E-state index contributed by atoms with van der Waals surface area (Å²) >= 11 is 0. The number of fused-ring (bicyclic) bond motifs is 1. The summed E-state index contributed by atoms with van der Waals surface area (Å²) < 4.78 is 2.22. The van der Waals surface area contributed by atoms with E-state index in [9.17, 15) is 4.79 Å². The highest BCUT2D eigenvalue weighted by atomic mass is 16.2. The van der Waals surface area contributed by atoms with Gasteiger partial charge in [0.15, 0.2) is 0 Å². The van der Waals surface area contributed by atoms with Crippen molar-refractivity contribution in [3.63, 3.8) is 0 Å². The molecule has 2 aromatic heterocycles. The van der Waals surface area contributed by atoms with Gasteiger partial charge in [-0.25, -0.2) is 9.78 Å². The zero-order valence-corrected chi connectivity index (χ0v) is 13.0. The van der Waals surface area contributed by atoms with E-state index in [0.717, 1.165) is 29.9 Å². The summed E-state index contributed by atoms with van der Waals surface area (Å²) in [5.41, 5.74) is 1.96. The summed E-state index contributed by atoms with van der Waals surface area (Å²) in [5, 5.41) is 13.3. The molecule has 120 valence electrons. The fraction of sp³-hybridized carbons (Fsp3) is 0.312. The van der Waals surface area contributed by atoms with Gasteiger partial charge in [-0.05, 0) is 30.7 Å². The first-order valence-electron chi connectivity index (χ1n) is 7.74. The number of urea groups is 1. The number of H-pyrrole nitrogens is 1. The second kappa shape index (κ2) is 6.95. The zero-order chi connectivity index (χ0) is 16.1. The van der Waals surface area contributed by atoms with Crippen LogP contribution in [-0.2, 0) is 13.0 Å². The van der Waals surface area contributed by atoms with Gasteiger partial charge in [-0.15, -0.1) is 0 Å². The first kappa shape index (κ1) is 15.1. The molecule has 0 unspecified atom stereocenters. The Labute approximate surface area is 134 Å². The van der Waals surface area contributed by atoms with E-state index in [4.69, 9.17) is 0 Å². The predicted octanol–water partition coefficient (Wildman–Crippen LogP) is 2.53. The molecule has 3 rings (SSSR count). The number of amides is 2. The van der Waals surface area contributed by atoms with Crippen LogP contribution in [0.25, 0.3) is 10.9 Å². The van der Waals surface area contributed by atoms with Crippen LogP contribution in [0.15, 0.2) is 36.8 Å². The normalized spacial score (nSPS) is 10.8. The van der Waals surface area contributed by atoms with Crippen LogP contribution in [0.5, 0.6) is 0 Å². The Morgan fingerprint density at radius 1 is 1.35 bits per heavy atom. The maximum atomic E-state index is 11.9. The maximum absolute atomic E-state index is 11.9. The fourth-order valence-corrected chi connectivity index (χ4v) is 2.53. The van der Waals surface area contributed by atoms with Crippen molar-refractivity contribution in [1.29, 1.82) is 0 Å². The molecule has 0 saturated carbocycles. The van der Waals surface area contributed by atoms with E-state index < -0.39 is 0 Å². The molecular weight excluding hydrogens is 292 g/mol. The minimum absolute atomic E-state index is 0.225. The van der Waals surface area contributed by atoms with Crippen molar-refractivity contribution in [2.45, 2.75) is 26.3 Å². The number of aromatic amines is 1. The lowest BCUT2D eigenvalue weighted by molar-refractivity contribution is 0.252. The molecule has 0 aliphatic rings. The molecular formula is C16H20N6O. The number of rotatable bonds is 6. The Hall–Kier alpha value is -2.83. The van der Waals surface area contributed by atoms with E-state index in [1.807, 2.05) is 18.2 Å². The van der Waals surface area contributed by atoms with Crippen molar-refractivity contribution in [3.8, 4) is 0 Å². The molecule has 23 heavy (non-hydrogen) atoms. The van der Waals surface area contributed by atoms with Gasteiger partial charge < -0.3 is 15.2 Å². The SMILES string of the molecule is CCCn1ccc2cc(NC(=O)NCCc3ncn[nH]3)ccc21. The highest BCUT2D eigenvalue weighted by Gasteiger charge is 2.05. The third-order valence-corrected chi connectivity index (χ3v) is 3.61. The smallest absolute Gasteiger partial charge is 0.319 e. The highest BCUT2D eigenvalue weighted by Crippen LogP contribution is 2.20. The molecule has 2 heterocycles. The average Bonchev–Trinajstić information content (AvgIpc) is 3.18. The number of hydrogen-bond donors (Lipinski definition) is 3. The number of nitrogens with one attached hydrogen (secondary N) is 3. The molecule has 0 aliphatic carbocycles. The van der Waals surface area contributed by atoms with Crippen LogP contribution in [0.3, 0.4) is 0 Å². The van der Waals surface area contributed by atoms with Crippen molar-refractivity contribution in [2.75, 3.05) is 11.9 Å². The second-order valence-corrected chi connectivity index (χ2v) is 5.35. The largest absolute Gasteiger partial charge is 0.347 e. The molecule has 0 saturated heterocycles. The third-order valence-electron chi connectivity index (χ3n) is 3.61. The zero-order valence-electron chi connectivity index (χ0n) is 13.0. The van der Waals surface area contributed by atoms with E-state index in [-0.39, 0.29) is 6.03 Å². The van der Waals surface area contributed by atoms with Crippen LogP contribution in [0.2, 0.25) is 0 Å². The second-order valence-electron chi connectivity index (χ2n) is 5.35. The van der Waals surface area contributed by atoms with Gasteiger partial charge in [0.2, 0.25) is 0 Å². The third kappa shape index (κ3) is 3.68. The summed E-state index contributed by atoms with van der Waals surface area (Å²) in [6.07, 6.45) is 5.24. The van der Waals surface area contributed by atoms with Gasteiger partial charge in [0.1, 0.15) is 12.2 Å². The number of carbonyl (C=O) groups excluding carboxylic acids is 1. The van der Waals surface area contributed by atoms with Crippen molar-refractivity contribution in [3.05, 3.63) is 42.6 Å². The molecule has 2 amide bonds. The lowest BCUT2D eigenvalue weighted by atomic mass is 10.2. The van der Waals surface area contributed by atoms with Crippen molar-refractivity contribution < 1.29 is 4.79 Å². The number of hydrogen-bond acceptors (Lipinski definition) is 3. The summed E-state index contributed by atoms with van der Waals surface area (Å²) in [6, 6.07) is 7.78. The Morgan fingerprint density at radius 3 is 3.04 bits per heavy atom. The van der Waals surface area contributed by atoms with Gasteiger partial charge in [-0.2, -0.15) is 5.10 Å². The summed E-state index contributed by atoms with van der Waals surface area (Å²) in [6.45, 7) is 3.65. The average molecular weight is 312 g/mol. The van der Waals surface area contributed by atoms with Crippen molar-refractivity contribution >= 4 is 22.6 Å². The molecule has 7 heteroatoms. The van der Waals surface area contributed by atoms with Crippen molar-refractivity contribution in [2.24, 2.45) is 0 Å². The monoisotopic (exact) mass is 312 g/mol. The quantitative estimate of drug-likeness (QED) is 0.653. The van der Waals surface area contributed by atoms with Crippen LogP contribution < -0.4 is 10.6 Å². The van der Waals surface area contributed by atoms with Gasteiger partial charge in [0.25, 0.3) is 0 Å². The number of anilines is 1. The van der Waals surface area contributed by atoms with E-state index in [1.54, 1.807) is 0 Å². The van der Waals surface area contributed by atoms with Gasteiger partial charge >= 0.3 is 6.03 Å². The van der Waals surface area contributed by atoms with Gasteiger partial charge in [0, 0.05) is 42.3 Å². The minimum atomic E-state index is -0.225. The summed E-state index contributed by atoms with van der Waals surface area (Å²) in [7, 11) is 0. The summed E-state index contributed by atoms with van der Waals surface area (Å²) in [4.78, 5) is 15.9. The van der Waals surface area contributed by atoms with Crippen LogP contribution >= 0.6 is 0 Å². The van der Waals surface area contributed by atoms with Gasteiger partial charge in [-0.3, -0.25) is 5.10 Å². The maximum Gasteiger partial charge on any atom is 0.319 e. The Kier molecular flexibility index (Phi) is 4.56. The minimum Gasteiger partial charge on any atom is -0.347 e. The summed E-state index contributed by atoms with van der Waals surface area (Å²) in [5.74, 6) is 0.754. The first-order valence-corrected chi connectivity index (χ1v) is 7.74. The number of benzene rings is 1. The number of aromatic nitrogens is 4. The molecule has 7 nitrogen and oxygen atoms in total. The topological polar surface area (TPSA) is 87.6 Å². The molecule has 0 bridgehead atoms. The molecule has 0 aliphatic heterocycles. The molecule has 3 aromatic rings. The van der Waals surface area contributed by atoms with Gasteiger partial charge in [0.05, 0.1) is 0 Å². The van der Waals surface area contributed by atoms with Crippen molar-refractivity contribution in [1.82, 2.24) is 25.1 Å². The highest BCUT2D eigenvalue weighted by molar-refractivity contribution is 5.92. The molecule has 3 N–H and O–H groups in total. The Bertz CT molecular complexity index is 777. The standard InChI is InChI=1S/C16H20N6O/c1-2-8-22-9-6-12-10-13(3-4-14(12)22)20-16(23)17-7-5-15-18-11-19-21-15/h3-4,6,9-11H,2,5,7-8H2,1H3,(H2,17,20,23)(H,18,19,21).